The summed E-state index contributed by atoms with van der Waals surface area (Å²) in [6.45, 7) is 2.00. The summed E-state index contributed by atoms with van der Waals surface area (Å²) in [5.74, 6) is 0.0315. The maximum Gasteiger partial charge on any atom is 0.242 e. The van der Waals surface area contributed by atoms with Crippen molar-refractivity contribution < 1.29 is 4.79 Å². The minimum atomic E-state index is -0.507. The van der Waals surface area contributed by atoms with Gasteiger partial charge in [-0.15, -0.1) is 11.6 Å². The van der Waals surface area contributed by atoms with Crippen LogP contribution in [0.4, 0.5) is 5.69 Å². The van der Waals surface area contributed by atoms with Crippen LogP contribution in [0, 0.1) is 0 Å². The Balaban J connectivity index is 1.66. The summed E-state index contributed by atoms with van der Waals surface area (Å²) >= 11 is 6.58. The molecule has 0 saturated carbocycles. The molecule has 2 unspecified atom stereocenters. The summed E-state index contributed by atoms with van der Waals surface area (Å²) in [5.41, 5.74) is 3.08. The first-order valence-corrected chi connectivity index (χ1v) is 7.94. The van der Waals surface area contributed by atoms with E-state index < -0.39 is 5.38 Å². The van der Waals surface area contributed by atoms with Crippen molar-refractivity contribution in [1.29, 1.82) is 0 Å². The SMILES string of the molecule is O=C1C(Cl)C2(CNc3ccccc32)CN1Cc1ccccc1. The van der Waals surface area contributed by atoms with Gasteiger partial charge < -0.3 is 10.2 Å². The lowest BCUT2D eigenvalue weighted by atomic mass is 9.81. The standard InChI is InChI=1S/C18H17ClN2O/c19-16-17(22)21(10-13-6-2-1-3-7-13)12-18(16)11-20-15-9-5-4-8-14(15)18/h1-9,16,20H,10-12H2. The number of alkyl halides is 1. The number of carbonyl (C=O) groups is 1. The van der Waals surface area contributed by atoms with Crippen LogP contribution in [0.15, 0.2) is 54.6 Å². The van der Waals surface area contributed by atoms with Crippen molar-refractivity contribution in [1.82, 2.24) is 4.90 Å². The van der Waals surface area contributed by atoms with Gasteiger partial charge in [0.25, 0.3) is 0 Å². The smallest absolute Gasteiger partial charge is 0.242 e. The van der Waals surface area contributed by atoms with Crippen LogP contribution in [0.2, 0.25) is 0 Å². The second-order valence-electron chi connectivity index (χ2n) is 6.10. The molecule has 4 heteroatoms. The summed E-state index contributed by atoms with van der Waals surface area (Å²) in [7, 11) is 0. The van der Waals surface area contributed by atoms with E-state index in [0.717, 1.165) is 17.8 Å². The van der Waals surface area contributed by atoms with Crippen LogP contribution >= 0.6 is 11.6 Å². The number of hydrogen-bond acceptors (Lipinski definition) is 2. The van der Waals surface area contributed by atoms with E-state index in [0.29, 0.717) is 13.1 Å². The quantitative estimate of drug-likeness (QED) is 0.865. The lowest BCUT2D eigenvalue weighted by Crippen LogP contribution is -2.38. The molecule has 0 aromatic heterocycles. The average molecular weight is 313 g/mol. The average Bonchev–Trinajstić information content (AvgIpc) is 3.04. The van der Waals surface area contributed by atoms with Crippen molar-refractivity contribution in [2.75, 3.05) is 18.4 Å². The van der Waals surface area contributed by atoms with Crippen LogP contribution in [0.1, 0.15) is 11.1 Å². The molecular formula is C18H17ClN2O. The number of halogens is 1. The largest absolute Gasteiger partial charge is 0.384 e. The molecule has 2 aliphatic rings. The van der Waals surface area contributed by atoms with E-state index >= 15 is 0 Å². The minimum Gasteiger partial charge on any atom is -0.384 e. The molecular weight excluding hydrogens is 296 g/mol. The van der Waals surface area contributed by atoms with Gasteiger partial charge in [-0.25, -0.2) is 0 Å². The number of fused-ring (bicyclic) bond motifs is 2. The van der Waals surface area contributed by atoms with Crippen LogP contribution in [0.3, 0.4) is 0 Å². The van der Waals surface area contributed by atoms with Gasteiger partial charge in [0.15, 0.2) is 0 Å². The first-order valence-electron chi connectivity index (χ1n) is 7.51. The number of para-hydroxylation sites is 1. The molecule has 0 aliphatic carbocycles. The number of nitrogens with one attached hydrogen (secondary N) is 1. The van der Waals surface area contributed by atoms with E-state index in [9.17, 15) is 4.79 Å². The molecule has 2 aromatic rings. The number of nitrogens with zero attached hydrogens (tertiary/aromatic N) is 1. The van der Waals surface area contributed by atoms with Gasteiger partial charge in [-0.2, -0.15) is 0 Å². The summed E-state index contributed by atoms with van der Waals surface area (Å²) in [4.78, 5) is 14.5. The maximum absolute atomic E-state index is 12.6. The maximum atomic E-state index is 12.6. The van der Waals surface area contributed by atoms with Crippen LogP contribution in [0.5, 0.6) is 0 Å². The van der Waals surface area contributed by atoms with Gasteiger partial charge in [0, 0.05) is 25.3 Å². The Morgan fingerprint density at radius 1 is 1.14 bits per heavy atom. The van der Waals surface area contributed by atoms with Crippen LogP contribution in [-0.4, -0.2) is 29.3 Å². The number of amides is 1. The first-order chi connectivity index (χ1) is 10.7. The number of benzene rings is 2. The summed E-state index contributed by atoms with van der Waals surface area (Å²) < 4.78 is 0. The Morgan fingerprint density at radius 2 is 1.86 bits per heavy atom. The lowest BCUT2D eigenvalue weighted by Gasteiger charge is -2.25. The highest BCUT2D eigenvalue weighted by molar-refractivity contribution is 6.33. The van der Waals surface area contributed by atoms with E-state index in [4.69, 9.17) is 11.6 Å². The predicted octanol–water partition coefficient (Wildman–Crippen LogP) is 3.00. The van der Waals surface area contributed by atoms with Crippen molar-refractivity contribution in [3.05, 3.63) is 65.7 Å². The highest BCUT2D eigenvalue weighted by Crippen LogP contribution is 2.46. The van der Waals surface area contributed by atoms with Crippen LogP contribution in [-0.2, 0) is 16.8 Å². The zero-order valence-corrected chi connectivity index (χ0v) is 12.9. The van der Waals surface area contributed by atoms with Crippen LogP contribution < -0.4 is 5.32 Å². The molecule has 0 radical (unpaired) electrons. The molecule has 4 rings (SSSR count). The molecule has 22 heavy (non-hydrogen) atoms. The molecule has 1 saturated heterocycles. The van der Waals surface area contributed by atoms with Crippen molar-refractivity contribution in [3.63, 3.8) is 0 Å². The Kier molecular flexibility index (Phi) is 3.12. The molecule has 2 atom stereocenters. The van der Waals surface area contributed by atoms with E-state index in [1.54, 1.807) is 0 Å². The van der Waals surface area contributed by atoms with Gasteiger partial charge in [-0.05, 0) is 17.2 Å². The highest BCUT2D eigenvalue weighted by Gasteiger charge is 2.55. The third-order valence-electron chi connectivity index (χ3n) is 4.76. The Bertz CT molecular complexity index is 718. The lowest BCUT2D eigenvalue weighted by molar-refractivity contribution is -0.127. The van der Waals surface area contributed by atoms with Gasteiger partial charge in [-0.3, -0.25) is 4.79 Å². The zero-order chi connectivity index (χ0) is 15.2. The third-order valence-corrected chi connectivity index (χ3v) is 5.37. The fourth-order valence-electron chi connectivity index (χ4n) is 3.62. The zero-order valence-electron chi connectivity index (χ0n) is 12.1. The fraction of sp³-hybridized carbons (Fsp3) is 0.278. The molecule has 1 fully saturated rings. The first kappa shape index (κ1) is 13.6. The number of carbonyl (C=O) groups excluding carboxylic acids is 1. The van der Waals surface area contributed by atoms with Gasteiger partial charge in [-0.1, -0.05) is 48.5 Å². The van der Waals surface area contributed by atoms with E-state index in [2.05, 4.69) is 17.4 Å². The second kappa shape index (κ2) is 5.03. The monoisotopic (exact) mass is 312 g/mol. The normalized spacial score (nSPS) is 26.3. The van der Waals surface area contributed by atoms with E-state index in [-0.39, 0.29) is 11.3 Å². The number of anilines is 1. The molecule has 3 nitrogen and oxygen atoms in total. The van der Waals surface area contributed by atoms with E-state index in [1.807, 2.05) is 47.4 Å². The van der Waals surface area contributed by atoms with Gasteiger partial charge >= 0.3 is 0 Å². The highest BCUT2D eigenvalue weighted by atomic mass is 35.5. The summed E-state index contributed by atoms with van der Waals surface area (Å²) in [6, 6.07) is 18.2. The Hall–Kier alpha value is -2.00. The Morgan fingerprint density at radius 3 is 2.68 bits per heavy atom. The molecule has 1 amide bonds. The molecule has 1 spiro atoms. The molecule has 2 aliphatic heterocycles. The molecule has 1 N–H and O–H groups in total. The van der Waals surface area contributed by atoms with Crippen LogP contribution in [0.25, 0.3) is 0 Å². The van der Waals surface area contributed by atoms with Crippen molar-refractivity contribution in [2.24, 2.45) is 0 Å². The van der Waals surface area contributed by atoms with Gasteiger partial charge in [0.2, 0.25) is 5.91 Å². The predicted molar refractivity (Wildman–Crippen MR) is 88.1 cm³/mol. The molecule has 2 heterocycles. The summed E-state index contributed by atoms with van der Waals surface area (Å²) in [5, 5.41) is 2.90. The van der Waals surface area contributed by atoms with Gasteiger partial charge in [0.1, 0.15) is 5.38 Å². The second-order valence-corrected chi connectivity index (χ2v) is 6.53. The van der Waals surface area contributed by atoms with Crippen molar-refractivity contribution >= 4 is 23.2 Å². The number of hydrogen-bond donors (Lipinski definition) is 1. The van der Waals surface area contributed by atoms with E-state index in [1.165, 1.54) is 5.56 Å². The minimum absolute atomic E-state index is 0.0315. The third kappa shape index (κ3) is 1.92. The fourth-order valence-corrected chi connectivity index (χ4v) is 4.02. The topological polar surface area (TPSA) is 32.3 Å². The molecule has 0 bridgehead atoms. The number of rotatable bonds is 2. The molecule has 112 valence electrons. The van der Waals surface area contributed by atoms with Gasteiger partial charge in [0.05, 0.1) is 5.41 Å². The summed E-state index contributed by atoms with van der Waals surface area (Å²) in [6.07, 6.45) is 0. The number of likely N-dealkylation sites (tertiary alicyclic amines) is 1. The Labute approximate surface area is 134 Å². The van der Waals surface area contributed by atoms with Crippen molar-refractivity contribution in [3.8, 4) is 0 Å². The molecule has 2 aromatic carbocycles. The van der Waals surface area contributed by atoms with Crippen molar-refractivity contribution in [2.45, 2.75) is 17.3 Å².